The lowest BCUT2D eigenvalue weighted by atomic mass is 9.99. The molecule has 0 atom stereocenters. The first-order chi connectivity index (χ1) is 16.3. The number of aryl methyl sites for hydroxylation is 1. The highest BCUT2D eigenvalue weighted by atomic mass is 32.1. The zero-order chi connectivity index (χ0) is 24.2. The van der Waals surface area contributed by atoms with E-state index in [2.05, 4.69) is 15.0 Å². The van der Waals surface area contributed by atoms with Crippen molar-refractivity contribution in [3.63, 3.8) is 0 Å². The summed E-state index contributed by atoms with van der Waals surface area (Å²) in [5.74, 6) is -0.447. The minimum absolute atomic E-state index is 0.0347. The molecule has 1 fully saturated rings. The summed E-state index contributed by atoms with van der Waals surface area (Å²) in [7, 11) is 5.51. The maximum atomic E-state index is 14.5. The molecule has 0 bridgehead atoms. The van der Waals surface area contributed by atoms with Crippen LogP contribution in [0.15, 0.2) is 47.4 Å². The summed E-state index contributed by atoms with van der Waals surface area (Å²) in [6.07, 6.45) is 3.37. The maximum absolute atomic E-state index is 14.5. The highest BCUT2D eigenvalue weighted by Crippen LogP contribution is 2.37. The maximum Gasteiger partial charge on any atom is 0.250 e. The van der Waals surface area contributed by atoms with Gasteiger partial charge in [-0.05, 0) is 31.0 Å². The Morgan fingerprint density at radius 2 is 1.85 bits per heavy atom. The molecule has 0 spiro atoms. The molecular formula is C24H25F2N5O2S. The molecule has 0 unspecified atom stereocenters. The van der Waals surface area contributed by atoms with Crippen LogP contribution in [-0.2, 0) is 11.8 Å². The molecule has 0 aliphatic carbocycles. The Labute approximate surface area is 199 Å². The van der Waals surface area contributed by atoms with Crippen LogP contribution in [0.25, 0.3) is 21.6 Å². The molecule has 178 valence electrons. The number of ether oxygens (including phenoxy) is 1. The van der Waals surface area contributed by atoms with Gasteiger partial charge in [0.2, 0.25) is 5.56 Å². The zero-order valence-electron chi connectivity index (χ0n) is 19.2. The monoisotopic (exact) mass is 485 g/mol. The van der Waals surface area contributed by atoms with Crippen molar-refractivity contribution < 1.29 is 13.5 Å². The van der Waals surface area contributed by atoms with Gasteiger partial charge in [0.25, 0.3) is 0 Å². The molecule has 0 saturated carbocycles. The van der Waals surface area contributed by atoms with Crippen molar-refractivity contribution in [2.24, 2.45) is 7.05 Å². The second kappa shape index (κ2) is 10.4. The summed E-state index contributed by atoms with van der Waals surface area (Å²) in [4.78, 5) is 26.4. The number of hydrogen-bond acceptors (Lipinski definition) is 7. The minimum atomic E-state index is -0.636. The summed E-state index contributed by atoms with van der Waals surface area (Å²) < 4.78 is 35.5. The van der Waals surface area contributed by atoms with Crippen molar-refractivity contribution in [2.45, 2.75) is 18.8 Å². The van der Waals surface area contributed by atoms with Crippen LogP contribution < -0.4 is 10.5 Å². The van der Waals surface area contributed by atoms with Crippen molar-refractivity contribution >= 4 is 26.8 Å². The molecule has 0 N–H and O–H groups in total. The molecule has 1 aromatic carbocycles. The van der Waals surface area contributed by atoms with E-state index in [0.29, 0.717) is 35.1 Å². The van der Waals surface area contributed by atoms with Crippen LogP contribution in [-0.4, -0.2) is 46.8 Å². The van der Waals surface area contributed by atoms with Gasteiger partial charge in [0.15, 0.2) is 10.8 Å². The van der Waals surface area contributed by atoms with Crippen LogP contribution in [0.2, 0.25) is 0 Å². The SMILES string of the molecule is CN(C)c1nc2nc(C3CCOCC3)nc(-c3ccc(F)cc3F)c2s1.Cn1ccccc1=O. The molecule has 5 rings (SSSR count). The van der Waals surface area contributed by atoms with Crippen LogP contribution in [0.1, 0.15) is 24.6 Å². The van der Waals surface area contributed by atoms with E-state index in [9.17, 15) is 13.6 Å². The van der Waals surface area contributed by atoms with Crippen LogP contribution in [0, 0.1) is 11.6 Å². The predicted molar refractivity (Wildman–Crippen MR) is 129 cm³/mol. The molecule has 0 radical (unpaired) electrons. The average molecular weight is 486 g/mol. The Bertz CT molecular complexity index is 1350. The van der Waals surface area contributed by atoms with E-state index in [0.717, 1.165) is 24.0 Å². The van der Waals surface area contributed by atoms with Gasteiger partial charge in [0.05, 0.1) is 5.69 Å². The third kappa shape index (κ3) is 5.28. The normalized spacial score (nSPS) is 14.0. The number of aromatic nitrogens is 4. The van der Waals surface area contributed by atoms with E-state index in [1.165, 1.54) is 34.1 Å². The van der Waals surface area contributed by atoms with Gasteiger partial charge in [-0.25, -0.2) is 18.7 Å². The van der Waals surface area contributed by atoms with Gasteiger partial charge in [-0.2, -0.15) is 4.98 Å². The average Bonchev–Trinajstić information content (AvgIpc) is 3.27. The fourth-order valence-electron chi connectivity index (χ4n) is 3.53. The van der Waals surface area contributed by atoms with Crippen molar-refractivity contribution in [3.05, 3.63) is 70.4 Å². The summed E-state index contributed by atoms with van der Waals surface area (Å²) in [6.45, 7) is 1.32. The fourth-order valence-corrected chi connectivity index (χ4v) is 4.46. The molecule has 3 aromatic heterocycles. The van der Waals surface area contributed by atoms with E-state index < -0.39 is 11.6 Å². The second-order valence-electron chi connectivity index (χ2n) is 8.13. The molecular weight excluding hydrogens is 460 g/mol. The Morgan fingerprint density at radius 3 is 2.47 bits per heavy atom. The second-order valence-corrected chi connectivity index (χ2v) is 9.11. The molecule has 1 saturated heterocycles. The quantitative estimate of drug-likeness (QED) is 0.429. The number of anilines is 1. The first kappa shape index (κ1) is 23.9. The summed E-state index contributed by atoms with van der Waals surface area (Å²) in [6, 6.07) is 8.62. The molecule has 10 heteroatoms. The predicted octanol–water partition coefficient (Wildman–Crippen LogP) is 4.38. The van der Waals surface area contributed by atoms with E-state index in [-0.39, 0.29) is 17.0 Å². The Hall–Kier alpha value is -3.24. The smallest absolute Gasteiger partial charge is 0.250 e. The summed E-state index contributed by atoms with van der Waals surface area (Å²) >= 11 is 1.40. The number of pyridine rings is 1. The first-order valence-corrected chi connectivity index (χ1v) is 11.7. The van der Waals surface area contributed by atoms with Gasteiger partial charge in [-0.15, -0.1) is 0 Å². The van der Waals surface area contributed by atoms with Gasteiger partial charge in [0.1, 0.15) is 22.2 Å². The zero-order valence-corrected chi connectivity index (χ0v) is 20.0. The molecule has 0 amide bonds. The summed E-state index contributed by atoms with van der Waals surface area (Å²) in [5, 5.41) is 0.766. The van der Waals surface area contributed by atoms with Crippen LogP contribution in [0.3, 0.4) is 0 Å². The van der Waals surface area contributed by atoms with Crippen LogP contribution >= 0.6 is 11.3 Å². The number of halogens is 2. The topological polar surface area (TPSA) is 73.1 Å². The number of fused-ring (bicyclic) bond motifs is 1. The van der Waals surface area contributed by atoms with Gasteiger partial charge in [0, 0.05) is 64.2 Å². The number of thiazole rings is 1. The van der Waals surface area contributed by atoms with Crippen molar-refractivity contribution in [1.82, 2.24) is 19.5 Å². The van der Waals surface area contributed by atoms with E-state index in [4.69, 9.17) is 4.74 Å². The van der Waals surface area contributed by atoms with Crippen molar-refractivity contribution in [1.29, 1.82) is 0 Å². The Morgan fingerprint density at radius 1 is 1.09 bits per heavy atom. The number of rotatable bonds is 3. The molecule has 7 nitrogen and oxygen atoms in total. The molecule has 4 aromatic rings. The van der Waals surface area contributed by atoms with E-state index in [1.54, 1.807) is 19.3 Å². The standard InChI is InChI=1S/C18H18F2N4OS.C6H7NO/c1-24(2)18-23-17-15(26-18)14(12-4-3-11(19)9-13(12)20)21-16(22-17)10-5-7-25-8-6-10;1-7-5-3-2-4-6(7)8/h3-4,9-10H,5-8H2,1-2H3;2-5H,1H3. The van der Waals surface area contributed by atoms with Crippen LogP contribution in [0.5, 0.6) is 0 Å². The van der Waals surface area contributed by atoms with Gasteiger partial charge < -0.3 is 14.2 Å². The van der Waals surface area contributed by atoms with E-state index in [1.807, 2.05) is 25.1 Å². The number of benzene rings is 1. The molecule has 1 aliphatic rings. The number of hydrogen-bond donors (Lipinski definition) is 0. The molecule has 34 heavy (non-hydrogen) atoms. The third-order valence-corrected chi connectivity index (χ3v) is 6.64. The van der Waals surface area contributed by atoms with Gasteiger partial charge >= 0.3 is 0 Å². The van der Waals surface area contributed by atoms with Crippen molar-refractivity contribution in [2.75, 3.05) is 32.2 Å². The molecule has 4 heterocycles. The fraction of sp³-hybridized carbons (Fsp3) is 0.333. The van der Waals surface area contributed by atoms with Gasteiger partial charge in [-0.1, -0.05) is 17.4 Å². The lowest BCUT2D eigenvalue weighted by molar-refractivity contribution is 0.0836. The van der Waals surface area contributed by atoms with Crippen LogP contribution in [0.4, 0.5) is 13.9 Å². The lowest BCUT2D eigenvalue weighted by Gasteiger charge is -2.21. The number of nitrogens with zero attached hydrogens (tertiary/aromatic N) is 5. The highest BCUT2D eigenvalue weighted by Gasteiger charge is 2.24. The van der Waals surface area contributed by atoms with Crippen molar-refractivity contribution in [3.8, 4) is 11.3 Å². The van der Waals surface area contributed by atoms with E-state index >= 15 is 0 Å². The third-order valence-electron chi connectivity index (χ3n) is 5.42. The van der Waals surface area contributed by atoms with Gasteiger partial charge in [-0.3, -0.25) is 4.79 Å². The first-order valence-electron chi connectivity index (χ1n) is 10.8. The largest absolute Gasteiger partial charge is 0.381 e. The Kier molecular flexibility index (Phi) is 7.28. The summed E-state index contributed by atoms with van der Waals surface area (Å²) in [5.41, 5.74) is 1.32. The lowest BCUT2D eigenvalue weighted by Crippen LogP contribution is -2.16. The Balaban J connectivity index is 0.000000291. The highest BCUT2D eigenvalue weighted by molar-refractivity contribution is 7.22. The minimum Gasteiger partial charge on any atom is -0.381 e. The molecule has 1 aliphatic heterocycles.